The molecule has 0 aromatic heterocycles. The molecule has 0 spiro atoms. The Morgan fingerprint density at radius 3 is 2.16 bits per heavy atom. The predicted octanol–water partition coefficient (Wildman–Crippen LogP) is 3.33. The normalized spacial score (nSPS) is 11.8. The van der Waals surface area contributed by atoms with E-state index in [2.05, 4.69) is 0 Å². The van der Waals surface area contributed by atoms with E-state index in [1.54, 1.807) is 12.1 Å². The first kappa shape index (κ1) is 12.0. The highest BCUT2D eigenvalue weighted by Gasteiger charge is 2.09. The lowest BCUT2D eigenvalue weighted by Gasteiger charge is -2.08. The molecule has 0 unspecified atom stereocenters. The van der Waals surface area contributed by atoms with Gasteiger partial charge in [-0.2, -0.15) is 8.42 Å². The van der Waals surface area contributed by atoms with Crippen molar-refractivity contribution in [2.45, 2.75) is 0 Å². The quantitative estimate of drug-likeness (QED) is 0.531. The standard InChI is InChI=1S/C15H12O3S/c1-19(16,17)18-15-8-4-7-13-9-11-5-2-3-6-12(11)10-14(13)15/h2-10H,1H3. The first-order valence-corrected chi connectivity index (χ1v) is 7.65. The van der Waals surface area contributed by atoms with Gasteiger partial charge in [-0.05, 0) is 34.4 Å². The summed E-state index contributed by atoms with van der Waals surface area (Å²) >= 11 is 0. The van der Waals surface area contributed by atoms with E-state index in [4.69, 9.17) is 4.18 Å². The van der Waals surface area contributed by atoms with Crippen molar-refractivity contribution in [3.05, 3.63) is 54.6 Å². The third kappa shape index (κ3) is 2.39. The molecule has 4 heteroatoms. The van der Waals surface area contributed by atoms with Crippen LogP contribution in [0.25, 0.3) is 21.5 Å². The van der Waals surface area contributed by atoms with Crippen LogP contribution in [0.5, 0.6) is 5.75 Å². The third-order valence-electron chi connectivity index (χ3n) is 2.95. The van der Waals surface area contributed by atoms with Crippen LogP contribution >= 0.6 is 0 Å². The maximum Gasteiger partial charge on any atom is 0.306 e. The van der Waals surface area contributed by atoms with Crippen LogP contribution in [0.4, 0.5) is 0 Å². The zero-order chi connectivity index (χ0) is 13.5. The molecule has 0 aliphatic carbocycles. The monoisotopic (exact) mass is 272 g/mol. The molecule has 3 aromatic carbocycles. The van der Waals surface area contributed by atoms with E-state index >= 15 is 0 Å². The second kappa shape index (κ2) is 4.24. The lowest BCUT2D eigenvalue weighted by Crippen LogP contribution is -2.05. The van der Waals surface area contributed by atoms with Gasteiger partial charge in [0.25, 0.3) is 0 Å². The van der Waals surface area contributed by atoms with Crippen LogP contribution in [0.3, 0.4) is 0 Å². The Kier molecular flexibility index (Phi) is 2.68. The van der Waals surface area contributed by atoms with Gasteiger partial charge < -0.3 is 4.18 Å². The smallest absolute Gasteiger partial charge is 0.306 e. The minimum atomic E-state index is -3.52. The van der Waals surface area contributed by atoms with Crippen LogP contribution in [-0.2, 0) is 10.1 Å². The van der Waals surface area contributed by atoms with Crippen LogP contribution in [0, 0.1) is 0 Å². The van der Waals surface area contributed by atoms with E-state index in [1.807, 2.05) is 42.5 Å². The van der Waals surface area contributed by atoms with Crippen molar-refractivity contribution in [1.29, 1.82) is 0 Å². The molecule has 0 bridgehead atoms. The molecule has 0 atom stereocenters. The van der Waals surface area contributed by atoms with Crippen LogP contribution in [0.15, 0.2) is 54.6 Å². The van der Waals surface area contributed by atoms with E-state index in [9.17, 15) is 8.42 Å². The predicted molar refractivity (Wildman–Crippen MR) is 76.9 cm³/mol. The molecule has 0 radical (unpaired) electrons. The van der Waals surface area contributed by atoms with Crippen molar-refractivity contribution in [2.24, 2.45) is 0 Å². The van der Waals surface area contributed by atoms with Crippen LogP contribution in [0.1, 0.15) is 0 Å². The summed E-state index contributed by atoms with van der Waals surface area (Å²) in [6.07, 6.45) is 1.05. The highest BCUT2D eigenvalue weighted by Crippen LogP contribution is 2.30. The summed E-state index contributed by atoms with van der Waals surface area (Å²) < 4.78 is 27.6. The second-order valence-electron chi connectivity index (χ2n) is 4.46. The van der Waals surface area contributed by atoms with Crippen molar-refractivity contribution in [1.82, 2.24) is 0 Å². The molecule has 3 aromatic rings. The van der Waals surface area contributed by atoms with Gasteiger partial charge >= 0.3 is 10.1 Å². The van der Waals surface area contributed by atoms with E-state index in [-0.39, 0.29) is 0 Å². The highest BCUT2D eigenvalue weighted by atomic mass is 32.2. The van der Waals surface area contributed by atoms with Crippen molar-refractivity contribution in [2.75, 3.05) is 6.26 Å². The number of hydrogen-bond acceptors (Lipinski definition) is 3. The first-order chi connectivity index (χ1) is 9.03. The third-order valence-corrected chi connectivity index (χ3v) is 3.43. The number of fused-ring (bicyclic) bond motifs is 2. The molecular weight excluding hydrogens is 260 g/mol. The van der Waals surface area contributed by atoms with Crippen LogP contribution in [-0.4, -0.2) is 14.7 Å². The molecule has 0 fully saturated rings. The summed E-state index contributed by atoms with van der Waals surface area (Å²) in [5.41, 5.74) is 0. The van der Waals surface area contributed by atoms with Crippen molar-refractivity contribution in [3.8, 4) is 5.75 Å². The average Bonchev–Trinajstić information content (AvgIpc) is 2.35. The SMILES string of the molecule is CS(=O)(=O)Oc1cccc2cc3ccccc3cc12. The minimum Gasteiger partial charge on any atom is -0.382 e. The van der Waals surface area contributed by atoms with Crippen molar-refractivity contribution in [3.63, 3.8) is 0 Å². The summed E-state index contributed by atoms with van der Waals surface area (Å²) in [5, 5.41) is 3.93. The Balaban J connectivity index is 2.32. The number of hydrogen-bond donors (Lipinski definition) is 0. The lowest BCUT2D eigenvalue weighted by molar-refractivity contribution is 0.496. The van der Waals surface area contributed by atoms with Crippen LogP contribution in [0.2, 0.25) is 0 Å². The minimum absolute atomic E-state index is 0.366. The fourth-order valence-electron chi connectivity index (χ4n) is 2.17. The van der Waals surface area contributed by atoms with Gasteiger partial charge in [0.05, 0.1) is 6.26 Å². The number of rotatable bonds is 2. The summed E-state index contributed by atoms with van der Waals surface area (Å²) in [6.45, 7) is 0. The van der Waals surface area contributed by atoms with Gasteiger partial charge in [-0.1, -0.05) is 36.4 Å². The molecule has 0 N–H and O–H groups in total. The molecule has 96 valence electrons. The summed E-state index contributed by atoms with van der Waals surface area (Å²) in [7, 11) is -3.52. The molecule has 0 saturated heterocycles. The van der Waals surface area contributed by atoms with Gasteiger partial charge in [-0.25, -0.2) is 0 Å². The van der Waals surface area contributed by atoms with E-state index < -0.39 is 10.1 Å². The summed E-state index contributed by atoms with van der Waals surface area (Å²) in [4.78, 5) is 0. The molecule has 0 amide bonds. The fraction of sp³-hybridized carbons (Fsp3) is 0.0667. The lowest BCUT2D eigenvalue weighted by atomic mass is 10.0. The number of benzene rings is 3. The highest BCUT2D eigenvalue weighted by molar-refractivity contribution is 7.86. The molecule has 0 aliphatic rings. The van der Waals surface area contributed by atoms with Gasteiger partial charge in [0.1, 0.15) is 5.75 Å². The molecule has 0 heterocycles. The molecular formula is C15H12O3S. The Hall–Kier alpha value is -2.07. The van der Waals surface area contributed by atoms with E-state index in [1.165, 1.54) is 0 Å². The largest absolute Gasteiger partial charge is 0.382 e. The molecule has 3 rings (SSSR count). The second-order valence-corrected chi connectivity index (χ2v) is 6.04. The average molecular weight is 272 g/mol. The molecule has 3 nitrogen and oxygen atoms in total. The fourth-order valence-corrected chi connectivity index (χ4v) is 2.65. The van der Waals surface area contributed by atoms with E-state index in [0.717, 1.165) is 27.8 Å². The van der Waals surface area contributed by atoms with Crippen LogP contribution < -0.4 is 4.18 Å². The summed E-state index contributed by atoms with van der Waals surface area (Å²) in [5.74, 6) is 0.366. The maximum absolute atomic E-state index is 11.3. The topological polar surface area (TPSA) is 43.4 Å². The Bertz CT molecular complexity index is 867. The molecule has 0 aliphatic heterocycles. The zero-order valence-electron chi connectivity index (χ0n) is 10.3. The van der Waals surface area contributed by atoms with Gasteiger partial charge in [0.15, 0.2) is 0 Å². The zero-order valence-corrected chi connectivity index (χ0v) is 11.1. The first-order valence-electron chi connectivity index (χ1n) is 5.84. The van der Waals surface area contributed by atoms with E-state index in [0.29, 0.717) is 5.75 Å². The van der Waals surface area contributed by atoms with Crippen molar-refractivity contribution < 1.29 is 12.6 Å². The van der Waals surface area contributed by atoms with Gasteiger partial charge in [-0.15, -0.1) is 0 Å². The molecule has 0 saturated carbocycles. The van der Waals surface area contributed by atoms with Crippen molar-refractivity contribution >= 4 is 31.7 Å². The van der Waals surface area contributed by atoms with Gasteiger partial charge in [0, 0.05) is 5.39 Å². The Morgan fingerprint density at radius 1 is 0.842 bits per heavy atom. The Morgan fingerprint density at radius 2 is 1.47 bits per heavy atom. The van der Waals surface area contributed by atoms with Gasteiger partial charge in [-0.3, -0.25) is 0 Å². The molecule has 19 heavy (non-hydrogen) atoms. The van der Waals surface area contributed by atoms with Gasteiger partial charge in [0.2, 0.25) is 0 Å². The summed E-state index contributed by atoms with van der Waals surface area (Å²) in [6, 6.07) is 17.3. The Labute approximate surface area is 111 Å². The maximum atomic E-state index is 11.3.